The summed E-state index contributed by atoms with van der Waals surface area (Å²) in [5.74, 6) is 0.875. The number of aryl methyl sites for hydroxylation is 2. The quantitative estimate of drug-likeness (QED) is 0.679. The minimum absolute atomic E-state index is 0.136. The molecule has 0 saturated heterocycles. The first kappa shape index (κ1) is 18.4. The number of carbonyl (C=O) groups is 2. The van der Waals surface area contributed by atoms with E-state index in [1.807, 2.05) is 32.0 Å². The highest BCUT2D eigenvalue weighted by Gasteiger charge is 2.12. The second kappa shape index (κ2) is 7.90. The van der Waals surface area contributed by atoms with Crippen LogP contribution in [-0.2, 0) is 17.8 Å². The van der Waals surface area contributed by atoms with Gasteiger partial charge in [-0.15, -0.1) is 0 Å². The highest BCUT2D eigenvalue weighted by molar-refractivity contribution is 5.98. The Balaban J connectivity index is 1.63. The minimum Gasteiger partial charge on any atom is -0.497 e. The van der Waals surface area contributed by atoms with Crippen LogP contribution >= 0.6 is 0 Å². The lowest BCUT2D eigenvalue weighted by molar-refractivity contribution is -0.121. The molecule has 1 aromatic heterocycles. The van der Waals surface area contributed by atoms with Gasteiger partial charge in [-0.1, -0.05) is 12.1 Å². The molecule has 140 valence electrons. The molecular weight excluding hydrogens is 344 g/mol. The summed E-state index contributed by atoms with van der Waals surface area (Å²) in [6, 6.07) is 12.5. The Morgan fingerprint density at radius 1 is 1.15 bits per heavy atom. The molecule has 3 rings (SSSR count). The Kier molecular flexibility index (Phi) is 5.40. The first-order valence-corrected chi connectivity index (χ1v) is 8.70. The molecule has 0 atom stereocenters. The van der Waals surface area contributed by atoms with E-state index < -0.39 is 0 Å². The van der Waals surface area contributed by atoms with Crippen LogP contribution in [-0.4, -0.2) is 28.5 Å². The normalized spacial score (nSPS) is 10.6. The van der Waals surface area contributed by atoms with Gasteiger partial charge in [-0.3, -0.25) is 20.4 Å². The predicted octanol–water partition coefficient (Wildman–Crippen LogP) is 2.38. The summed E-state index contributed by atoms with van der Waals surface area (Å²) in [5, 5.41) is 0. The standard InChI is InChI=1S/C20H22N4O3/c1-4-24-13(2)21-17-12-15(8-9-18(17)24)20(26)23-22-19(25)11-14-6-5-7-16(10-14)27-3/h5-10,12H,4,11H2,1-3H3,(H,22,25)(H,23,26). The maximum atomic E-state index is 12.3. The highest BCUT2D eigenvalue weighted by atomic mass is 16.5. The van der Waals surface area contributed by atoms with Crippen molar-refractivity contribution in [3.05, 3.63) is 59.4 Å². The molecule has 0 fully saturated rings. The summed E-state index contributed by atoms with van der Waals surface area (Å²) in [4.78, 5) is 28.9. The van der Waals surface area contributed by atoms with Crippen molar-refractivity contribution in [2.45, 2.75) is 26.8 Å². The number of methoxy groups -OCH3 is 1. The fourth-order valence-corrected chi connectivity index (χ4v) is 3.00. The number of benzene rings is 2. The van der Waals surface area contributed by atoms with Crippen LogP contribution in [0, 0.1) is 6.92 Å². The Bertz CT molecular complexity index is 994. The van der Waals surface area contributed by atoms with E-state index in [4.69, 9.17) is 4.74 Å². The van der Waals surface area contributed by atoms with Gasteiger partial charge in [0.05, 0.1) is 24.6 Å². The molecule has 2 amide bonds. The number of hydrazine groups is 1. The molecule has 0 bridgehead atoms. The maximum absolute atomic E-state index is 12.3. The molecule has 27 heavy (non-hydrogen) atoms. The fraction of sp³-hybridized carbons (Fsp3) is 0.250. The van der Waals surface area contributed by atoms with Crippen molar-refractivity contribution in [2.75, 3.05) is 7.11 Å². The zero-order valence-corrected chi connectivity index (χ0v) is 15.6. The molecule has 0 saturated carbocycles. The van der Waals surface area contributed by atoms with Crippen LogP contribution in [0.25, 0.3) is 11.0 Å². The predicted molar refractivity (Wildman–Crippen MR) is 102 cm³/mol. The van der Waals surface area contributed by atoms with Crippen molar-refractivity contribution < 1.29 is 14.3 Å². The second-order valence-corrected chi connectivity index (χ2v) is 6.14. The summed E-state index contributed by atoms with van der Waals surface area (Å²) >= 11 is 0. The molecule has 3 aromatic rings. The molecule has 0 aliphatic carbocycles. The third-order valence-electron chi connectivity index (χ3n) is 4.33. The van der Waals surface area contributed by atoms with Gasteiger partial charge in [-0.05, 0) is 49.7 Å². The van der Waals surface area contributed by atoms with E-state index in [1.165, 1.54) is 0 Å². The Labute approximate surface area is 157 Å². The van der Waals surface area contributed by atoms with Crippen molar-refractivity contribution >= 4 is 22.8 Å². The van der Waals surface area contributed by atoms with Gasteiger partial charge in [0.15, 0.2) is 0 Å². The van der Waals surface area contributed by atoms with Crippen LogP contribution in [0.2, 0.25) is 0 Å². The van der Waals surface area contributed by atoms with Gasteiger partial charge in [-0.2, -0.15) is 0 Å². The third kappa shape index (κ3) is 4.08. The number of rotatable bonds is 5. The molecule has 0 radical (unpaired) electrons. The maximum Gasteiger partial charge on any atom is 0.269 e. The van der Waals surface area contributed by atoms with Crippen LogP contribution in [0.3, 0.4) is 0 Å². The molecule has 1 heterocycles. The summed E-state index contributed by atoms with van der Waals surface area (Å²) in [6.45, 7) is 4.79. The zero-order valence-electron chi connectivity index (χ0n) is 15.6. The van der Waals surface area contributed by atoms with Gasteiger partial charge in [0.25, 0.3) is 5.91 Å². The lowest BCUT2D eigenvalue weighted by Crippen LogP contribution is -2.42. The van der Waals surface area contributed by atoms with Gasteiger partial charge in [0.1, 0.15) is 11.6 Å². The van der Waals surface area contributed by atoms with Crippen LogP contribution in [0.5, 0.6) is 5.75 Å². The second-order valence-electron chi connectivity index (χ2n) is 6.14. The molecule has 0 unspecified atom stereocenters. The number of hydrogen-bond acceptors (Lipinski definition) is 4. The molecule has 2 aromatic carbocycles. The zero-order chi connectivity index (χ0) is 19.4. The molecule has 2 N–H and O–H groups in total. The summed E-state index contributed by atoms with van der Waals surface area (Å²) in [5.41, 5.74) is 7.85. The largest absolute Gasteiger partial charge is 0.497 e. The van der Waals surface area contributed by atoms with Crippen molar-refractivity contribution in [3.8, 4) is 5.75 Å². The smallest absolute Gasteiger partial charge is 0.269 e. The van der Waals surface area contributed by atoms with Gasteiger partial charge in [0.2, 0.25) is 5.91 Å². The van der Waals surface area contributed by atoms with E-state index in [9.17, 15) is 9.59 Å². The summed E-state index contributed by atoms with van der Waals surface area (Å²) < 4.78 is 7.21. The van der Waals surface area contributed by atoms with Crippen LogP contribution in [0.1, 0.15) is 28.7 Å². The van der Waals surface area contributed by atoms with E-state index in [-0.39, 0.29) is 18.2 Å². The van der Waals surface area contributed by atoms with Gasteiger partial charge in [0, 0.05) is 12.1 Å². The fourth-order valence-electron chi connectivity index (χ4n) is 3.00. The molecule has 7 heteroatoms. The van der Waals surface area contributed by atoms with E-state index in [1.54, 1.807) is 31.4 Å². The number of carbonyl (C=O) groups excluding carboxylic acids is 2. The molecule has 7 nitrogen and oxygen atoms in total. The first-order valence-electron chi connectivity index (χ1n) is 8.70. The third-order valence-corrected chi connectivity index (χ3v) is 4.33. The number of aromatic nitrogens is 2. The van der Waals surface area contributed by atoms with E-state index in [0.717, 1.165) is 29.0 Å². The topological polar surface area (TPSA) is 85.3 Å². The van der Waals surface area contributed by atoms with Gasteiger partial charge < -0.3 is 9.30 Å². The van der Waals surface area contributed by atoms with Crippen molar-refractivity contribution in [3.63, 3.8) is 0 Å². The number of ether oxygens (including phenoxy) is 1. The Morgan fingerprint density at radius 3 is 2.70 bits per heavy atom. The van der Waals surface area contributed by atoms with Crippen molar-refractivity contribution in [1.29, 1.82) is 0 Å². The van der Waals surface area contributed by atoms with E-state index in [2.05, 4.69) is 20.4 Å². The average Bonchev–Trinajstić information content (AvgIpc) is 3.00. The minimum atomic E-state index is -0.389. The van der Waals surface area contributed by atoms with Crippen LogP contribution < -0.4 is 15.6 Å². The highest BCUT2D eigenvalue weighted by Crippen LogP contribution is 2.17. The van der Waals surface area contributed by atoms with E-state index in [0.29, 0.717) is 11.3 Å². The first-order chi connectivity index (χ1) is 13.0. The van der Waals surface area contributed by atoms with Crippen LogP contribution in [0.15, 0.2) is 42.5 Å². The average molecular weight is 366 g/mol. The van der Waals surface area contributed by atoms with Crippen LogP contribution in [0.4, 0.5) is 0 Å². The monoisotopic (exact) mass is 366 g/mol. The number of imidazole rings is 1. The molecule has 0 aliphatic rings. The number of amides is 2. The summed E-state index contributed by atoms with van der Waals surface area (Å²) in [7, 11) is 1.57. The number of fused-ring (bicyclic) bond motifs is 1. The molecule has 0 aliphatic heterocycles. The van der Waals surface area contributed by atoms with E-state index >= 15 is 0 Å². The number of nitrogens with one attached hydrogen (secondary N) is 2. The Hall–Kier alpha value is -3.35. The Morgan fingerprint density at radius 2 is 1.96 bits per heavy atom. The van der Waals surface area contributed by atoms with Crippen molar-refractivity contribution in [2.24, 2.45) is 0 Å². The lowest BCUT2D eigenvalue weighted by Gasteiger charge is -2.08. The number of nitrogens with zero attached hydrogens (tertiary/aromatic N) is 2. The molecular formula is C20H22N4O3. The summed E-state index contributed by atoms with van der Waals surface area (Å²) in [6.07, 6.45) is 0.136. The van der Waals surface area contributed by atoms with Crippen molar-refractivity contribution in [1.82, 2.24) is 20.4 Å². The van der Waals surface area contributed by atoms with Gasteiger partial charge >= 0.3 is 0 Å². The van der Waals surface area contributed by atoms with Gasteiger partial charge in [-0.25, -0.2) is 4.98 Å². The number of hydrogen-bond donors (Lipinski definition) is 2. The lowest BCUT2D eigenvalue weighted by atomic mass is 10.1. The molecule has 0 spiro atoms. The SMILES string of the molecule is CCn1c(C)nc2cc(C(=O)NNC(=O)Cc3cccc(OC)c3)ccc21.